The number of nitro benzene ring substituents is 1. The number of aryl methyl sites for hydroxylation is 1. The highest BCUT2D eigenvalue weighted by Crippen LogP contribution is 2.32. The van der Waals surface area contributed by atoms with Gasteiger partial charge in [0.25, 0.3) is 5.69 Å². The molecule has 1 saturated heterocycles. The van der Waals surface area contributed by atoms with Crippen LogP contribution >= 0.6 is 0 Å². The number of fused-ring (bicyclic) bond motifs is 1. The van der Waals surface area contributed by atoms with Crippen molar-refractivity contribution in [3.63, 3.8) is 0 Å². The first kappa shape index (κ1) is 24.2. The van der Waals surface area contributed by atoms with Gasteiger partial charge in [-0.2, -0.15) is 0 Å². The number of rotatable bonds is 8. The molecular formula is C30H32N2O4. The quantitative estimate of drug-likeness (QED) is 0.282. The van der Waals surface area contributed by atoms with Crippen molar-refractivity contribution in [1.82, 2.24) is 4.90 Å². The van der Waals surface area contributed by atoms with Gasteiger partial charge in [0.1, 0.15) is 12.4 Å². The summed E-state index contributed by atoms with van der Waals surface area (Å²) in [7, 11) is 0. The molecular weight excluding hydrogens is 452 g/mol. The normalized spacial score (nSPS) is 18.6. The van der Waals surface area contributed by atoms with Gasteiger partial charge >= 0.3 is 0 Å². The number of hydrogen-bond donors (Lipinski definition) is 0. The highest BCUT2D eigenvalue weighted by Gasteiger charge is 2.29. The number of nitrogens with zero attached hydrogens (tertiary/aromatic N) is 2. The molecule has 186 valence electrons. The Morgan fingerprint density at radius 2 is 1.69 bits per heavy atom. The molecule has 1 heterocycles. The van der Waals surface area contributed by atoms with E-state index in [9.17, 15) is 14.9 Å². The molecule has 5 rings (SSSR count). The number of benzene rings is 3. The summed E-state index contributed by atoms with van der Waals surface area (Å²) in [6.07, 6.45) is 5.07. The second-order valence-corrected chi connectivity index (χ2v) is 9.95. The third-order valence-electron chi connectivity index (χ3n) is 7.68. The Morgan fingerprint density at radius 3 is 2.42 bits per heavy atom. The van der Waals surface area contributed by atoms with Gasteiger partial charge in [0, 0.05) is 23.6 Å². The Morgan fingerprint density at radius 1 is 0.944 bits per heavy atom. The number of non-ortho nitro benzene ring substituents is 1. The van der Waals surface area contributed by atoms with Crippen LogP contribution in [0.3, 0.4) is 0 Å². The number of Topliss-reactive ketones (excluding diaryl/α,β-unsaturated/α-hetero) is 1. The summed E-state index contributed by atoms with van der Waals surface area (Å²) in [5.41, 5.74) is 4.27. The minimum atomic E-state index is -0.410. The Hall–Kier alpha value is -3.51. The molecule has 6 heteroatoms. The highest BCUT2D eigenvalue weighted by molar-refractivity contribution is 6.00. The molecule has 2 aliphatic rings. The summed E-state index contributed by atoms with van der Waals surface area (Å²) in [5, 5.41) is 10.8. The van der Waals surface area contributed by atoms with Gasteiger partial charge < -0.3 is 9.64 Å². The Bertz CT molecular complexity index is 1200. The molecule has 3 aromatic rings. The van der Waals surface area contributed by atoms with Crippen molar-refractivity contribution in [3.8, 4) is 5.75 Å². The molecule has 1 fully saturated rings. The fraction of sp³-hybridized carbons (Fsp3) is 0.367. The molecule has 1 atom stereocenters. The van der Waals surface area contributed by atoms with E-state index >= 15 is 0 Å². The van der Waals surface area contributed by atoms with Gasteiger partial charge in [-0.25, -0.2) is 0 Å². The zero-order valence-electron chi connectivity index (χ0n) is 20.5. The van der Waals surface area contributed by atoms with Crippen LogP contribution in [0, 0.1) is 16.0 Å². The number of ether oxygens (including phenoxy) is 1. The summed E-state index contributed by atoms with van der Waals surface area (Å²) in [4.78, 5) is 26.1. The molecule has 0 saturated carbocycles. The topological polar surface area (TPSA) is 72.7 Å². The van der Waals surface area contributed by atoms with Crippen LogP contribution < -0.4 is 4.74 Å². The van der Waals surface area contributed by atoms with Crippen molar-refractivity contribution >= 4 is 11.5 Å². The van der Waals surface area contributed by atoms with Crippen LogP contribution in [0.2, 0.25) is 0 Å². The van der Waals surface area contributed by atoms with Gasteiger partial charge in [0.05, 0.1) is 4.92 Å². The van der Waals surface area contributed by atoms with E-state index in [1.165, 1.54) is 30.5 Å². The van der Waals surface area contributed by atoms with Gasteiger partial charge in [0.2, 0.25) is 0 Å². The zero-order chi connectivity index (χ0) is 24.9. The Balaban J connectivity index is 1.11. The van der Waals surface area contributed by atoms with Crippen LogP contribution in [-0.2, 0) is 13.0 Å². The van der Waals surface area contributed by atoms with E-state index in [0.717, 1.165) is 61.3 Å². The number of piperidine rings is 1. The van der Waals surface area contributed by atoms with E-state index in [2.05, 4.69) is 35.2 Å². The number of hydrogen-bond acceptors (Lipinski definition) is 5. The van der Waals surface area contributed by atoms with Gasteiger partial charge in [-0.15, -0.1) is 0 Å². The van der Waals surface area contributed by atoms with Gasteiger partial charge in [-0.05, 0) is 105 Å². The van der Waals surface area contributed by atoms with Gasteiger partial charge in [-0.1, -0.05) is 30.3 Å². The standard InChI is InChI=1S/C30H32N2O4/c33-30-25(16-19-31-17-14-24(15-18-31)23-4-2-1-3-5-23)8-9-26-20-28(12-13-29(26)30)36-21-22-6-10-27(11-7-22)32(34)35/h1-7,10-13,20,24-25H,8-9,14-19,21H2. The summed E-state index contributed by atoms with van der Waals surface area (Å²) in [5.74, 6) is 1.73. The maximum absolute atomic E-state index is 13.2. The second-order valence-electron chi connectivity index (χ2n) is 9.95. The first-order valence-corrected chi connectivity index (χ1v) is 12.9. The third kappa shape index (κ3) is 5.65. The van der Waals surface area contributed by atoms with E-state index in [1.807, 2.05) is 18.2 Å². The lowest BCUT2D eigenvalue weighted by Gasteiger charge is -2.33. The molecule has 0 N–H and O–H groups in total. The maximum atomic E-state index is 13.2. The zero-order valence-corrected chi connectivity index (χ0v) is 20.5. The average molecular weight is 485 g/mol. The SMILES string of the molecule is O=C1c2ccc(OCc3ccc([N+](=O)[O-])cc3)cc2CCC1CCN1CCC(c2ccccc2)CC1. The average Bonchev–Trinajstić information content (AvgIpc) is 2.92. The molecule has 1 aliphatic heterocycles. The molecule has 1 aliphatic carbocycles. The third-order valence-corrected chi connectivity index (χ3v) is 7.68. The number of carbonyl (C=O) groups is 1. The molecule has 0 aromatic heterocycles. The van der Waals surface area contributed by atoms with E-state index < -0.39 is 4.92 Å². The Kier molecular flexibility index (Phi) is 7.42. The summed E-state index contributed by atoms with van der Waals surface area (Å²) in [6.45, 7) is 3.52. The van der Waals surface area contributed by atoms with Crippen LogP contribution in [0.5, 0.6) is 5.75 Å². The van der Waals surface area contributed by atoms with Crippen molar-refractivity contribution in [1.29, 1.82) is 0 Å². The largest absolute Gasteiger partial charge is 0.489 e. The molecule has 0 radical (unpaired) electrons. The lowest BCUT2D eigenvalue weighted by atomic mass is 9.80. The summed E-state index contributed by atoms with van der Waals surface area (Å²) < 4.78 is 5.90. The van der Waals surface area contributed by atoms with Crippen molar-refractivity contribution in [2.75, 3.05) is 19.6 Å². The van der Waals surface area contributed by atoms with E-state index in [4.69, 9.17) is 4.74 Å². The first-order chi connectivity index (χ1) is 17.6. The molecule has 6 nitrogen and oxygen atoms in total. The number of carbonyl (C=O) groups excluding carboxylic acids is 1. The maximum Gasteiger partial charge on any atom is 0.269 e. The van der Waals surface area contributed by atoms with Crippen molar-refractivity contribution in [2.45, 2.75) is 44.6 Å². The van der Waals surface area contributed by atoms with E-state index in [1.54, 1.807) is 12.1 Å². The second kappa shape index (κ2) is 11.0. The van der Waals surface area contributed by atoms with E-state index in [-0.39, 0.29) is 17.4 Å². The number of ketones is 1. The van der Waals surface area contributed by atoms with Crippen LogP contribution in [0.1, 0.15) is 58.6 Å². The predicted octanol–water partition coefficient (Wildman–Crippen LogP) is 6.19. The van der Waals surface area contributed by atoms with E-state index in [0.29, 0.717) is 12.5 Å². The van der Waals surface area contributed by atoms with Crippen LogP contribution in [0.15, 0.2) is 72.8 Å². The summed E-state index contributed by atoms with van der Waals surface area (Å²) >= 11 is 0. The predicted molar refractivity (Wildman–Crippen MR) is 139 cm³/mol. The summed E-state index contributed by atoms with van der Waals surface area (Å²) in [6, 6.07) is 22.9. The van der Waals surface area contributed by atoms with Crippen LogP contribution in [0.25, 0.3) is 0 Å². The molecule has 3 aromatic carbocycles. The van der Waals surface area contributed by atoms with Crippen molar-refractivity contribution in [3.05, 3.63) is 105 Å². The molecule has 1 unspecified atom stereocenters. The number of nitro groups is 1. The molecule has 0 bridgehead atoms. The molecule has 0 amide bonds. The lowest BCUT2D eigenvalue weighted by Crippen LogP contribution is -2.35. The fourth-order valence-electron chi connectivity index (χ4n) is 5.50. The van der Waals surface area contributed by atoms with Crippen LogP contribution in [0.4, 0.5) is 5.69 Å². The lowest BCUT2D eigenvalue weighted by molar-refractivity contribution is -0.384. The number of likely N-dealkylation sites (tertiary alicyclic amines) is 1. The monoisotopic (exact) mass is 484 g/mol. The molecule has 0 spiro atoms. The highest BCUT2D eigenvalue weighted by atomic mass is 16.6. The Labute approximate surface area is 212 Å². The van der Waals surface area contributed by atoms with Gasteiger partial charge in [0.15, 0.2) is 5.78 Å². The van der Waals surface area contributed by atoms with Crippen molar-refractivity contribution in [2.24, 2.45) is 5.92 Å². The molecule has 36 heavy (non-hydrogen) atoms. The smallest absolute Gasteiger partial charge is 0.269 e. The van der Waals surface area contributed by atoms with Crippen molar-refractivity contribution < 1.29 is 14.5 Å². The minimum absolute atomic E-state index is 0.0669. The fourth-order valence-corrected chi connectivity index (χ4v) is 5.50. The minimum Gasteiger partial charge on any atom is -0.489 e. The van der Waals surface area contributed by atoms with Gasteiger partial charge in [-0.3, -0.25) is 14.9 Å². The van der Waals surface area contributed by atoms with Crippen LogP contribution in [-0.4, -0.2) is 35.2 Å². The first-order valence-electron chi connectivity index (χ1n) is 12.9.